The molecular formula is C16H26ClIN4. The third-order valence-corrected chi connectivity index (χ3v) is 4.20. The molecule has 1 N–H and O–H groups in total. The largest absolute Gasteiger partial charge is 0.356 e. The van der Waals surface area contributed by atoms with Crippen molar-refractivity contribution in [2.75, 3.05) is 40.8 Å². The van der Waals surface area contributed by atoms with E-state index in [1.165, 1.54) is 25.1 Å². The van der Waals surface area contributed by atoms with Crippen LogP contribution in [-0.4, -0.2) is 56.5 Å². The van der Waals surface area contributed by atoms with Crippen LogP contribution in [0.15, 0.2) is 29.3 Å². The minimum atomic E-state index is 0. The van der Waals surface area contributed by atoms with Crippen LogP contribution in [0.4, 0.5) is 0 Å². The van der Waals surface area contributed by atoms with Gasteiger partial charge in [0.15, 0.2) is 5.96 Å². The number of nitrogens with zero attached hydrogens (tertiary/aromatic N) is 3. The molecule has 1 aromatic rings. The first-order valence-corrected chi connectivity index (χ1v) is 7.81. The lowest BCUT2D eigenvalue weighted by molar-refractivity contribution is 0.390. The zero-order valence-corrected chi connectivity index (χ0v) is 16.6. The summed E-state index contributed by atoms with van der Waals surface area (Å²) in [5.41, 5.74) is 1.23. The smallest absolute Gasteiger partial charge is 0.193 e. The maximum Gasteiger partial charge on any atom is 0.193 e. The second-order valence-electron chi connectivity index (χ2n) is 5.83. The molecule has 1 aromatic carbocycles. The zero-order chi connectivity index (χ0) is 15.2. The number of guanidine groups is 1. The molecular weight excluding hydrogens is 411 g/mol. The molecule has 2 rings (SSSR count). The lowest BCUT2D eigenvalue weighted by Crippen LogP contribution is -2.41. The van der Waals surface area contributed by atoms with Crippen LogP contribution in [0, 0.1) is 5.92 Å². The molecule has 4 nitrogen and oxygen atoms in total. The first-order valence-electron chi connectivity index (χ1n) is 7.43. The minimum Gasteiger partial charge on any atom is -0.356 e. The molecule has 0 spiro atoms. The summed E-state index contributed by atoms with van der Waals surface area (Å²) in [6.45, 7) is 4.18. The molecule has 0 saturated carbocycles. The highest BCUT2D eigenvalue weighted by molar-refractivity contribution is 14.0. The number of benzene rings is 1. The van der Waals surface area contributed by atoms with Crippen LogP contribution in [-0.2, 0) is 6.54 Å². The van der Waals surface area contributed by atoms with Gasteiger partial charge in [0.1, 0.15) is 0 Å². The van der Waals surface area contributed by atoms with Gasteiger partial charge in [-0.25, -0.2) is 0 Å². The standard InChI is InChI=1S/C16H25ClN4.HI/c1-18-16(19-10-14-8-9-20(2)11-14)21(3)12-13-4-6-15(17)7-5-13;/h4-7,14H,8-12H2,1-3H3,(H,18,19);1H. The normalized spacial score (nSPS) is 18.9. The van der Waals surface area contributed by atoms with Gasteiger partial charge in [-0.2, -0.15) is 0 Å². The van der Waals surface area contributed by atoms with Gasteiger partial charge in [-0.1, -0.05) is 23.7 Å². The second-order valence-corrected chi connectivity index (χ2v) is 6.26. The van der Waals surface area contributed by atoms with E-state index >= 15 is 0 Å². The van der Waals surface area contributed by atoms with E-state index in [4.69, 9.17) is 11.6 Å². The second kappa shape index (κ2) is 9.57. The van der Waals surface area contributed by atoms with Gasteiger partial charge in [-0.05, 0) is 43.6 Å². The highest BCUT2D eigenvalue weighted by Gasteiger charge is 2.19. The Bertz CT molecular complexity index is 478. The first-order chi connectivity index (χ1) is 10.1. The third-order valence-electron chi connectivity index (χ3n) is 3.94. The maximum absolute atomic E-state index is 5.92. The summed E-state index contributed by atoms with van der Waals surface area (Å²) >= 11 is 5.92. The Kier molecular flexibility index (Phi) is 8.49. The monoisotopic (exact) mass is 436 g/mol. The molecule has 1 unspecified atom stereocenters. The molecule has 0 aliphatic carbocycles. The molecule has 1 heterocycles. The molecule has 124 valence electrons. The van der Waals surface area contributed by atoms with Crippen LogP contribution in [0.1, 0.15) is 12.0 Å². The molecule has 0 bridgehead atoms. The summed E-state index contributed by atoms with van der Waals surface area (Å²) in [4.78, 5) is 8.90. The quantitative estimate of drug-likeness (QED) is 0.447. The predicted molar refractivity (Wildman–Crippen MR) is 105 cm³/mol. The number of hydrogen-bond donors (Lipinski definition) is 1. The van der Waals surface area contributed by atoms with Crippen molar-refractivity contribution >= 4 is 41.5 Å². The molecule has 6 heteroatoms. The van der Waals surface area contributed by atoms with Crippen LogP contribution in [0.3, 0.4) is 0 Å². The van der Waals surface area contributed by atoms with E-state index in [2.05, 4.69) is 46.3 Å². The summed E-state index contributed by atoms with van der Waals surface area (Å²) in [6, 6.07) is 7.96. The third kappa shape index (κ3) is 5.93. The van der Waals surface area contributed by atoms with Crippen LogP contribution in [0.2, 0.25) is 5.02 Å². The zero-order valence-electron chi connectivity index (χ0n) is 13.6. The van der Waals surface area contributed by atoms with Gasteiger partial charge in [0.05, 0.1) is 0 Å². The molecule has 1 saturated heterocycles. The highest BCUT2D eigenvalue weighted by Crippen LogP contribution is 2.13. The highest BCUT2D eigenvalue weighted by atomic mass is 127. The van der Waals surface area contributed by atoms with Crippen molar-refractivity contribution in [3.8, 4) is 0 Å². The number of likely N-dealkylation sites (tertiary alicyclic amines) is 1. The molecule has 0 amide bonds. The van der Waals surface area contributed by atoms with Crippen molar-refractivity contribution in [1.82, 2.24) is 15.1 Å². The SMILES string of the molecule is CN=C(NCC1CCN(C)C1)N(C)Cc1ccc(Cl)cc1.I. The van der Waals surface area contributed by atoms with E-state index < -0.39 is 0 Å². The van der Waals surface area contributed by atoms with E-state index in [1.807, 2.05) is 19.2 Å². The lowest BCUT2D eigenvalue weighted by Gasteiger charge is -2.23. The number of rotatable bonds is 4. The van der Waals surface area contributed by atoms with Gasteiger partial charge in [0.25, 0.3) is 0 Å². The lowest BCUT2D eigenvalue weighted by atomic mass is 10.1. The minimum absolute atomic E-state index is 0. The van der Waals surface area contributed by atoms with Gasteiger partial charge in [0.2, 0.25) is 0 Å². The summed E-state index contributed by atoms with van der Waals surface area (Å²) in [6.07, 6.45) is 1.27. The van der Waals surface area contributed by atoms with Crippen LogP contribution in [0.25, 0.3) is 0 Å². The van der Waals surface area contributed by atoms with Crippen molar-refractivity contribution < 1.29 is 0 Å². The Morgan fingerprint density at radius 2 is 2.09 bits per heavy atom. The molecule has 0 aromatic heterocycles. The number of halogens is 2. The van der Waals surface area contributed by atoms with Gasteiger partial charge in [-0.3, -0.25) is 4.99 Å². The maximum atomic E-state index is 5.92. The fraction of sp³-hybridized carbons (Fsp3) is 0.562. The van der Waals surface area contributed by atoms with Crippen molar-refractivity contribution in [1.29, 1.82) is 0 Å². The van der Waals surface area contributed by atoms with Crippen LogP contribution < -0.4 is 5.32 Å². The van der Waals surface area contributed by atoms with Gasteiger partial charge < -0.3 is 15.1 Å². The number of hydrogen-bond acceptors (Lipinski definition) is 2. The molecule has 1 aliphatic rings. The van der Waals surface area contributed by atoms with Crippen molar-refractivity contribution in [2.24, 2.45) is 10.9 Å². The Labute approximate surface area is 155 Å². The molecule has 1 aliphatic heterocycles. The molecule has 1 atom stereocenters. The average molecular weight is 437 g/mol. The first kappa shape index (κ1) is 19.5. The fourth-order valence-corrected chi connectivity index (χ4v) is 2.88. The average Bonchev–Trinajstić information content (AvgIpc) is 2.88. The summed E-state index contributed by atoms with van der Waals surface area (Å²) in [5, 5.41) is 4.26. The van der Waals surface area contributed by atoms with E-state index in [-0.39, 0.29) is 24.0 Å². The summed E-state index contributed by atoms with van der Waals surface area (Å²) in [7, 11) is 6.08. The van der Waals surface area contributed by atoms with Gasteiger partial charge in [-0.15, -0.1) is 24.0 Å². The topological polar surface area (TPSA) is 30.9 Å². The summed E-state index contributed by atoms with van der Waals surface area (Å²) in [5.74, 6) is 1.66. The van der Waals surface area contributed by atoms with E-state index in [9.17, 15) is 0 Å². The van der Waals surface area contributed by atoms with E-state index in [0.29, 0.717) is 0 Å². The predicted octanol–water partition coefficient (Wildman–Crippen LogP) is 2.92. The van der Waals surface area contributed by atoms with E-state index in [0.717, 1.165) is 30.0 Å². The Balaban J connectivity index is 0.00000242. The summed E-state index contributed by atoms with van der Waals surface area (Å²) < 4.78 is 0. The van der Waals surface area contributed by atoms with Crippen molar-refractivity contribution in [2.45, 2.75) is 13.0 Å². The van der Waals surface area contributed by atoms with Gasteiger partial charge in [0, 0.05) is 38.8 Å². The van der Waals surface area contributed by atoms with Crippen molar-refractivity contribution in [3.63, 3.8) is 0 Å². The van der Waals surface area contributed by atoms with E-state index in [1.54, 1.807) is 0 Å². The number of nitrogens with one attached hydrogen (secondary N) is 1. The molecule has 1 fully saturated rings. The van der Waals surface area contributed by atoms with Crippen LogP contribution in [0.5, 0.6) is 0 Å². The molecule has 22 heavy (non-hydrogen) atoms. The Morgan fingerprint density at radius 3 is 2.64 bits per heavy atom. The van der Waals surface area contributed by atoms with Crippen LogP contribution >= 0.6 is 35.6 Å². The Hall–Kier alpha value is -0.530. The number of aliphatic imine (C=N–C) groups is 1. The van der Waals surface area contributed by atoms with Crippen molar-refractivity contribution in [3.05, 3.63) is 34.9 Å². The molecule has 0 radical (unpaired) electrons. The fourth-order valence-electron chi connectivity index (χ4n) is 2.75. The Morgan fingerprint density at radius 1 is 1.41 bits per heavy atom. The van der Waals surface area contributed by atoms with Gasteiger partial charge >= 0.3 is 0 Å².